The lowest BCUT2D eigenvalue weighted by Gasteiger charge is -2.08. The lowest BCUT2D eigenvalue weighted by molar-refractivity contribution is 0.291. The Bertz CT molecular complexity index is 273. The molecule has 0 aliphatic rings. The molecule has 0 aliphatic heterocycles. The highest BCUT2D eigenvalue weighted by molar-refractivity contribution is 4.92. The fourth-order valence-corrected chi connectivity index (χ4v) is 1.23. The zero-order chi connectivity index (χ0) is 10.6. The third-order valence-electron chi connectivity index (χ3n) is 1.86. The Morgan fingerprint density at radius 3 is 2.79 bits per heavy atom. The van der Waals surface area contributed by atoms with Crippen LogP contribution < -0.4 is 5.73 Å². The van der Waals surface area contributed by atoms with Gasteiger partial charge in [0.25, 0.3) is 0 Å². The zero-order valence-corrected chi connectivity index (χ0v) is 8.60. The molecule has 0 bridgehead atoms. The van der Waals surface area contributed by atoms with Gasteiger partial charge in [-0.15, -0.1) is 0 Å². The van der Waals surface area contributed by atoms with E-state index in [9.17, 15) is 0 Å². The van der Waals surface area contributed by atoms with Gasteiger partial charge in [0, 0.05) is 6.42 Å². The fourth-order valence-electron chi connectivity index (χ4n) is 1.23. The van der Waals surface area contributed by atoms with Crippen LogP contribution in [0.2, 0.25) is 0 Å². The van der Waals surface area contributed by atoms with E-state index in [1.165, 1.54) is 0 Å². The molecule has 5 heteroatoms. The van der Waals surface area contributed by atoms with Crippen LogP contribution in [0.5, 0.6) is 0 Å². The van der Waals surface area contributed by atoms with E-state index in [0.717, 1.165) is 6.42 Å². The lowest BCUT2D eigenvalue weighted by atomic mass is 10.0. The van der Waals surface area contributed by atoms with Crippen molar-refractivity contribution in [2.24, 2.45) is 11.7 Å². The smallest absolute Gasteiger partial charge is 0.243 e. The first kappa shape index (κ1) is 11.1. The maximum absolute atomic E-state index is 8.66. The quantitative estimate of drug-likeness (QED) is 0.727. The number of hydrogen-bond donors (Lipinski definition) is 2. The Labute approximate surface area is 83.3 Å². The Morgan fingerprint density at radius 1 is 1.50 bits per heavy atom. The molecule has 0 saturated carbocycles. The lowest BCUT2D eigenvalue weighted by Crippen LogP contribution is -2.13. The van der Waals surface area contributed by atoms with Crippen molar-refractivity contribution in [2.75, 3.05) is 6.61 Å². The SMILES string of the molecule is CC(C)CC(N)c1nc(CCO)no1. The molecule has 1 atom stereocenters. The van der Waals surface area contributed by atoms with Crippen LogP contribution in [0.25, 0.3) is 0 Å². The molecule has 1 aromatic rings. The highest BCUT2D eigenvalue weighted by Crippen LogP contribution is 2.16. The average Bonchev–Trinajstić information content (AvgIpc) is 2.52. The summed E-state index contributed by atoms with van der Waals surface area (Å²) >= 11 is 0. The first-order valence-electron chi connectivity index (χ1n) is 4.82. The molecule has 0 fully saturated rings. The molecule has 0 amide bonds. The van der Waals surface area contributed by atoms with Gasteiger partial charge in [-0.05, 0) is 12.3 Å². The predicted octanol–water partition coefficient (Wildman–Crippen LogP) is 0.650. The maximum atomic E-state index is 8.66. The van der Waals surface area contributed by atoms with Crippen LogP contribution in [0.3, 0.4) is 0 Å². The van der Waals surface area contributed by atoms with Crippen molar-refractivity contribution in [2.45, 2.75) is 32.7 Å². The Balaban J connectivity index is 2.57. The first-order chi connectivity index (χ1) is 6.63. The summed E-state index contributed by atoms with van der Waals surface area (Å²) in [6, 6.07) is -0.199. The molecule has 0 saturated heterocycles. The topological polar surface area (TPSA) is 85.2 Å². The van der Waals surface area contributed by atoms with E-state index in [2.05, 4.69) is 24.0 Å². The van der Waals surface area contributed by atoms with E-state index in [1.54, 1.807) is 0 Å². The highest BCUT2D eigenvalue weighted by Gasteiger charge is 2.15. The third-order valence-corrected chi connectivity index (χ3v) is 1.86. The highest BCUT2D eigenvalue weighted by atomic mass is 16.5. The third kappa shape index (κ3) is 3.08. The van der Waals surface area contributed by atoms with E-state index in [1.807, 2.05) is 0 Å². The monoisotopic (exact) mass is 199 g/mol. The summed E-state index contributed by atoms with van der Waals surface area (Å²) in [6.45, 7) is 4.20. The van der Waals surface area contributed by atoms with Crippen molar-refractivity contribution in [1.29, 1.82) is 0 Å². The van der Waals surface area contributed by atoms with Crippen LogP contribution in [-0.4, -0.2) is 21.9 Å². The summed E-state index contributed by atoms with van der Waals surface area (Å²) in [4.78, 5) is 4.09. The summed E-state index contributed by atoms with van der Waals surface area (Å²) in [5.41, 5.74) is 5.85. The summed E-state index contributed by atoms with van der Waals surface area (Å²) in [6.07, 6.45) is 1.23. The van der Waals surface area contributed by atoms with Crippen LogP contribution in [0.4, 0.5) is 0 Å². The normalized spacial score (nSPS) is 13.5. The Hall–Kier alpha value is -0.940. The van der Waals surface area contributed by atoms with Crippen LogP contribution >= 0.6 is 0 Å². The minimum Gasteiger partial charge on any atom is -0.396 e. The molecule has 1 aromatic heterocycles. The molecule has 1 heterocycles. The van der Waals surface area contributed by atoms with Crippen LogP contribution in [0.1, 0.15) is 38.0 Å². The zero-order valence-electron chi connectivity index (χ0n) is 8.60. The van der Waals surface area contributed by atoms with Crippen molar-refractivity contribution in [3.63, 3.8) is 0 Å². The predicted molar refractivity (Wildman–Crippen MR) is 51.5 cm³/mol. The minimum absolute atomic E-state index is 0.0262. The van der Waals surface area contributed by atoms with Gasteiger partial charge in [-0.2, -0.15) is 4.98 Å². The molecule has 0 spiro atoms. The summed E-state index contributed by atoms with van der Waals surface area (Å²) in [5.74, 6) is 1.47. The number of aliphatic hydroxyl groups is 1. The van der Waals surface area contributed by atoms with E-state index in [0.29, 0.717) is 24.1 Å². The van der Waals surface area contributed by atoms with E-state index in [4.69, 9.17) is 15.4 Å². The van der Waals surface area contributed by atoms with Gasteiger partial charge >= 0.3 is 0 Å². The minimum atomic E-state index is -0.199. The number of nitrogens with two attached hydrogens (primary N) is 1. The first-order valence-corrected chi connectivity index (χ1v) is 4.82. The largest absolute Gasteiger partial charge is 0.396 e. The average molecular weight is 199 g/mol. The molecule has 0 radical (unpaired) electrons. The second kappa shape index (κ2) is 5.07. The van der Waals surface area contributed by atoms with Crippen molar-refractivity contribution in [3.8, 4) is 0 Å². The van der Waals surface area contributed by atoms with Crippen molar-refractivity contribution in [3.05, 3.63) is 11.7 Å². The van der Waals surface area contributed by atoms with E-state index >= 15 is 0 Å². The number of aliphatic hydroxyl groups excluding tert-OH is 1. The van der Waals surface area contributed by atoms with Gasteiger partial charge in [0.1, 0.15) is 0 Å². The van der Waals surface area contributed by atoms with Gasteiger partial charge in [-0.25, -0.2) is 0 Å². The van der Waals surface area contributed by atoms with E-state index < -0.39 is 0 Å². The summed E-state index contributed by atoms with van der Waals surface area (Å²) in [5, 5.41) is 12.4. The second-order valence-corrected chi connectivity index (χ2v) is 3.76. The molecule has 0 aliphatic carbocycles. The molecular formula is C9H17N3O2. The van der Waals surface area contributed by atoms with Gasteiger partial charge in [0.15, 0.2) is 5.82 Å². The van der Waals surface area contributed by atoms with Crippen molar-refractivity contribution in [1.82, 2.24) is 10.1 Å². The van der Waals surface area contributed by atoms with Crippen LogP contribution in [-0.2, 0) is 6.42 Å². The van der Waals surface area contributed by atoms with Gasteiger partial charge in [-0.3, -0.25) is 0 Å². The van der Waals surface area contributed by atoms with E-state index in [-0.39, 0.29) is 12.6 Å². The molecule has 5 nitrogen and oxygen atoms in total. The molecule has 3 N–H and O–H groups in total. The molecule has 1 unspecified atom stereocenters. The van der Waals surface area contributed by atoms with Gasteiger partial charge in [0.05, 0.1) is 12.6 Å². The van der Waals surface area contributed by atoms with Crippen molar-refractivity contribution >= 4 is 0 Å². The Morgan fingerprint density at radius 2 is 2.21 bits per heavy atom. The molecular weight excluding hydrogens is 182 g/mol. The summed E-state index contributed by atoms with van der Waals surface area (Å²) in [7, 11) is 0. The molecule has 80 valence electrons. The number of aromatic nitrogens is 2. The van der Waals surface area contributed by atoms with Crippen LogP contribution in [0.15, 0.2) is 4.52 Å². The fraction of sp³-hybridized carbons (Fsp3) is 0.778. The van der Waals surface area contributed by atoms with Gasteiger partial charge in [0.2, 0.25) is 5.89 Å². The maximum Gasteiger partial charge on any atom is 0.243 e. The number of nitrogens with zero attached hydrogens (tertiary/aromatic N) is 2. The molecule has 14 heavy (non-hydrogen) atoms. The molecule has 1 rings (SSSR count). The number of rotatable bonds is 5. The Kier molecular flexibility index (Phi) is 4.03. The standard InChI is InChI=1S/C9H17N3O2/c1-6(2)5-7(10)9-11-8(3-4-13)12-14-9/h6-7,13H,3-5,10H2,1-2H3. The molecule has 0 aromatic carbocycles. The summed E-state index contributed by atoms with van der Waals surface area (Å²) < 4.78 is 4.98. The van der Waals surface area contributed by atoms with Gasteiger partial charge in [-0.1, -0.05) is 19.0 Å². The van der Waals surface area contributed by atoms with Gasteiger partial charge < -0.3 is 15.4 Å². The number of hydrogen-bond acceptors (Lipinski definition) is 5. The van der Waals surface area contributed by atoms with Crippen molar-refractivity contribution < 1.29 is 9.63 Å². The second-order valence-electron chi connectivity index (χ2n) is 3.76. The van der Waals surface area contributed by atoms with Crippen LogP contribution in [0, 0.1) is 5.92 Å².